The standard InChI is InChI=1S/C17H15BrN2O/c1-12(18)16-19-15-10-6-5-9-14(15)17(21)20(16)11-13-7-3-2-4-8-13/h2-10,12H,11H2,1H3. The summed E-state index contributed by atoms with van der Waals surface area (Å²) in [6.07, 6.45) is 0. The van der Waals surface area contributed by atoms with E-state index in [1.54, 1.807) is 4.57 Å². The molecule has 0 aliphatic heterocycles. The second-order valence-electron chi connectivity index (χ2n) is 4.98. The lowest BCUT2D eigenvalue weighted by Crippen LogP contribution is -2.26. The van der Waals surface area contributed by atoms with Crippen LogP contribution in [0.25, 0.3) is 10.9 Å². The summed E-state index contributed by atoms with van der Waals surface area (Å²) < 4.78 is 1.75. The molecule has 3 rings (SSSR count). The second kappa shape index (κ2) is 5.82. The van der Waals surface area contributed by atoms with Gasteiger partial charge in [-0.1, -0.05) is 58.4 Å². The van der Waals surface area contributed by atoms with Crippen molar-refractivity contribution in [2.75, 3.05) is 0 Å². The van der Waals surface area contributed by atoms with Crippen LogP contribution in [0.5, 0.6) is 0 Å². The molecule has 0 saturated heterocycles. The first-order chi connectivity index (χ1) is 10.2. The van der Waals surface area contributed by atoms with Crippen molar-refractivity contribution in [3.8, 4) is 0 Å². The molecule has 4 heteroatoms. The van der Waals surface area contributed by atoms with Gasteiger partial charge in [0, 0.05) is 0 Å². The fraction of sp³-hybridized carbons (Fsp3) is 0.176. The summed E-state index contributed by atoms with van der Waals surface area (Å²) in [6.45, 7) is 2.51. The quantitative estimate of drug-likeness (QED) is 0.676. The van der Waals surface area contributed by atoms with Gasteiger partial charge >= 0.3 is 0 Å². The Labute approximate surface area is 131 Å². The lowest BCUT2D eigenvalue weighted by Gasteiger charge is -2.15. The molecule has 3 nitrogen and oxygen atoms in total. The first kappa shape index (κ1) is 14.0. The van der Waals surface area contributed by atoms with Crippen molar-refractivity contribution in [1.29, 1.82) is 0 Å². The minimum atomic E-state index is 0.00533. The van der Waals surface area contributed by atoms with Crippen LogP contribution in [-0.2, 0) is 6.54 Å². The molecule has 2 aromatic carbocycles. The van der Waals surface area contributed by atoms with Crippen molar-refractivity contribution in [1.82, 2.24) is 9.55 Å². The number of rotatable bonds is 3. The highest BCUT2D eigenvalue weighted by Crippen LogP contribution is 2.21. The molecule has 0 saturated carbocycles. The molecular formula is C17H15BrN2O. The Balaban J connectivity index is 2.22. The topological polar surface area (TPSA) is 34.9 Å². The highest BCUT2D eigenvalue weighted by Gasteiger charge is 2.14. The summed E-state index contributed by atoms with van der Waals surface area (Å²) in [4.78, 5) is 17.4. The van der Waals surface area contributed by atoms with Gasteiger partial charge < -0.3 is 0 Å². The average molecular weight is 343 g/mol. The Bertz CT molecular complexity index is 825. The Hall–Kier alpha value is -1.94. The Morgan fingerprint density at radius 3 is 2.48 bits per heavy atom. The van der Waals surface area contributed by atoms with Crippen LogP contribution in [0.2, 0.25) is 0 Å². The number of para-hydroxylation sites is 1. The van der Waals surface area contributed by atoms with E-state index in [2.05, 4.69) is 20.9 Å². The number of aromatic nitrogens is 2. The third kappa shape index (κ3) is 2.76. The Morgan fingerprint density at radius 2 is 1.76 bits per heavy atom. The minimum absolute atomic E-state index is 0.00533. The third-order valence-corrected chi connectivity index (χ3v) is 3.84. The first-order valence-corrected chi connectivity index (χ1v) is 7.76. The number of hydrogen-bond acceptors (Lipinski definition) is 2. The van der Waals surface area contributed by atoms with E-state index in [-0.39, 0.29) is 10.4 Å². The molecule has 0 amide bonds. The molecule has 3 aromatic rings. The lowest BCUT2D eigenvalue weighted by atomic mass is 10.2. The first-order valence-electron chi connectivity index (χ1n) is 6.84. The van der Waals surface area contributed by atoms with E-state index in [0.717, 1.165) is 16.9 Å². The van der Waals surface area contributed by atoms with E-state index in [4.69, 9.17) is 0 Å². The van der Waals surface area contributed by atoms with Gasteiger partial charge in [0.05, 0.1) is 22.3 Å². The van der Waals surface area contributed by atoms with Crippen LogP contribution in [0.1, 0.15) is 23.1 Å². The SMILES string of the molecule is CC(Br)c1nc2ccccc2c(=O)n1Cc1ccccc1. The van der Waals surface area contributed by atoms with Crippen LogP contribution in [0.15, 0.2) is 59.4 Å². The predicted octanol–water partition coefficient (Wildman–Crippen LogP) is 3.90. The molecule has 1 aromatic heterocycles. The van der Waals surface area contributed by atoms with Crippen molar-refractivity contribution in [2.24, 2.45) is 0 Å². The van der Waals surface area contributed by atoms with Gasteiger partial charge in [-0.3, -0.25) is 9.36 Å². The zero-order chi connectivity index (χ0) is 14.8. The van der Waals surface area contributed by atoms with Crippen LogP contribution in [0, 0.1) is 0 Å². The lowest BCUT2D eigenvalue weighted by molar-refractivity contribution is 0.684. The van der Waals surface area contributed by atoms with Gasteiger partial charge in [-0.05, 0) is 24.6 Å². The molecule has 1 heterocycles. The number of halogens is 1. The van der Waals surface area contributed by atoms with Crippen molar-refractivity contribution >= 4 is 26.8 Å². The second-order valence-corrected chi connectivity index (χ2v) is 6.35. The van der Waals surface area contributed by atoms with E-state index in [9.17, 15) is 4.79 Å². The number of fused-ring (bicyclic) bond motifs is 1. The van der Waals surface area contributed by atoms with Crippen LogP contribution in [0.3, 0.4) is 0 Å². The number of nitrogens with zero attached hydrogens (tertiary/aromatic N) is 2. The Morgan fingerprint density at radius 1 is 1.10 bits per heavy atom. The summed E-state index contributed by atoms with van der Waals surface area (Å²) in [6, 6.07) is 17.4. The number of benzene rings is 2. The summed E-state index contributed by atoms with van der Waals surface area (Å²) in [5.41, 5.74) is 1.84. The maximum atomic E-state index is 12.8. The molecule has 106 valence electrons. The molecule has 0 aliphatic rings. The van der Waals surface area contributed by atoms with Gasteiger partial charge in [-0.15, -0.1) is 0 Å². The van der Waals surface area contributed by atoms with E-state index in [0.29, 0.717) is 11.9 Å². The van der Waals surface area contributed by atoms with Crippen molar-refractivity contribution in [3.05, 3.63) is 76.3 Å². The molecule has 0 fully saturated rings. The zero-order valence-electron chi connectivity index (χ0n) is 11.7. The van der Waals surface area contributed by atoms with Crippen LogP contribution >= 0.6 is 15.9 Å². The van der Waals surface area contributed by atoms with Crippen LogP contribution in [-0.4, -0.2) is 9.55 Å². The monoisotopic (exact) mass is 342 g/mol. The molecule has 0 N–H and O–H groups in total. The van der Waals surface area contributed by atoms with Crippen LogP contribution in [0.4, 0.5) is 0 Å². The van der Waals surface area contributed by atoms with Gasteiger partial charge in [0.15, 0.2) is 0 Å². The highest BCUT2D eigenvalue weighted by atomic mass is 79.9. The van der Waals surface area contributed by atoms with Crippen LogP contribution < -0.4 is 5.56 Å². The Kier molecular flexibility index (Phi) is 3.88. The third-order valence-electron chi connectivity index (χ3n) is 3.43. The van der Waals surface area contributed by atoms with Crippen molar-refractivity contribution < 1.29 is 0 Å². The summed E-state index contributed by atoms with van der Waals surface area (Å²) in [7, 11) is 0. The smallest absolute Gasteiger partial charge is 0.261 e. The van der Waals surface area contributed by atoms with E-state index in [1.807, 2.05) is 61.5 Å². The van der Waals surface area contributed by atoms with Crippen molar-refractivity contribution in [3.63, 3.8) is 0 Å². The molecule has 0 radical (unpaired) electrons. The van der Waals surface area contributed by atoms with Gasteiger partial charge in [-0.25, -0.2) is 4.98 Å². The number of alkyl halides is 1. The molecule has 1 unspecified atom stereocenters. The van der Waals surface area contributed by atoms with Gasteiger partial charge in [0.25, 0.3) is 5.56 Å². The average Bonchev–Trinajstić information content (AvgIpc) is 2.51. The summed E-state index contributed by atoms with van der Waals surface area (Å²) in [5.74, 6) is 0.752. The van der Waals surface area contributed by atoms with E-state index < -0.39 is 0 Å². The zero-order valence-corrected chi connectivity index (χ0v) is 13.2. The summed E-state index contributed by atoms with van der Waals surface area (Å²) >= 11 is 3.54. The van der Waals surface area contributed by atoms with Crippen molar-refractivity contribution in [2.45, 2.75) is 18.3 Å². The number of hydrogen-bond donors (Lipinski definition) is 0. The van der Waals surface area contributed by atoms with Gasteiger partial charge in [-0.2, -0.15) is 0 Å². The van der Waals surface area contributed by atoms with Gasteiger partial charge in [0.2, 0.25) is 0 Å². The molecule has 0 aliphatic carbocycles. The maximum Gasteiger partial charge on any atom is 0.261 e. The fourth-order valence-corrected chi connectivity index (χ4v) is 2.76. The largest absolute Gasteiger partial charge is 0.291 e. The molecule has 1 atom stereocenters. The fourth-order valence-electron chi connectivity index (χ4n) is 2.41. The predicted molar refractivity (Wildman–Crippen MR) is 88.9 cm³/mol. The molecule has 21 heavy (non-hydrogen) atoms. The van der Waals surface area contributed by atoms with E-state index in [1.165, 1.54) is 0 Å². The van der Waals surface area contributed by atoms with E-state index >= 15 is 0 Å². The molecule has 0 bridgehead atoms. The minimum Gasteiger partial charge on any atom is -0.291 e. The normalized spacial score (nSPS) is 12.5. The maximum absolute atomic E-state index is 12.8. The molecule has 0 spiro atoms. The summed E-state index contributed by atoms with van der Waals surface area (Å²) in [5, 5.41) is 0.658. The van der Waals surface area contributed by atoms with Gasteiger partial charge in [0.1, 0.15) is 5.82 Å². The highest BCUT2D eigenvalue weighted by molar-refractivity contribution is 9.09. The molecular weight excluding hydrogens is 328 g/mol.